The van der Waals surface area contributed by atoms with Crippen LogP contribution in [0.4, 0.5) is 16.2 Å². The third kappa shape index (κ3) is 11.5. The third-order valence-corrected chi connectivity index (χ3v) is 9.75. The van der Waals surface area contributed by atoms with Gasteiger partial charge >= 0.3 is 23.7 Å². The predicted molar refractivity (Wildman–Crippen MR) is 204 cm³/mol. The Morgan fingerprint density at radius 1 is 0.947 bits per heavy atom. The quantitative estimate of drug-likeness (QED) is 0.0364. The molecule has 57 heavy (non-hydrogen) atoms. The monoisotopic (exact) mass is 808 g/mol. The number of nitrogens with one attached hydrogen (secondary N) is 3. The van der Waals surface area contributed by atoms with E-state index in [1.807, 2.05) is 12.1 Å². The number of hydrogen-bond donors (Lipinski definition) is 3. The highest BCUT2D eigenvalue weighted by molar-refractivity contribution is 7.97. The number of fused-ring (bicyclic) bond motifs is 2. The maximum atomic E-state index is 13.8. The van der Waals surface area contributed by atoms with Crippen molar-refractivity contribution in [1.29, 1.82) is 0 Å². The molecule has 5 rings (SSSR count). The first kappa shape index (κ1) is 42.2. The molecular formula is C38H44N6O12S. The number of carbonyl (C=O) groups is 5. The molecule has 0 unspecified atom stereocenters. The lowest BCUT2D eigenvalue weighted by molar-refractivity contribution is -0.388. The molecule has 1 aromatic heterocycles. The van der Waals surface area contributed by atoms with Gasteiger partial charge in [-0.3, -0.25) is 29.3 Å². The van der Waals surface area contributed by atoms with Crippen LogP contribution in [-0.4, -0.2) is 84.4 Å². The fourth-order valence-corrected chi connectivity index (χ4v) is 6.91. The molecule has 304 valence electrons. The molecule has 19 heteroatoms. The number of aromatic nitrogens is 1. The van der Waals surface area contributed by atoms with Gasteiger partial charge in [0.25, 0.3) is 0 Å². The molecule has 3 N–H and O–H groups in total. The lowest BCUT2D eigenvalue weighted by atomic mass is 10.1. The lowest BCUT2D eigenvalue weighted by Crippen LogP contribution is -2.52. The van der Waals surface area contributed by atoms with Crippen LogP contribution in [0.5, 0.6) is 11.5 Å². The van der Waals surface area contributed by atoms with Gasteiger partial charge < -0.3 is 34.3 Å². The van der Waals surface area contributed by atoms with Crippen molar-refractivity contribution < 1.29 is 52.6 Å². The van der Waals surface area contributed by atoms with Crippen molar-refractivity contribution in [3.8, 4) is 11.5 Å². The van der Waals surface area contributed by atoms with E-state index < -0.39 is 52.9 Å². The molecule has 0 bridgehead atoms. The van der Waals surface area contributed by atoms with Crippen LogP contribution < -0.4 is 29.7 Å². The minimum Gasteiger partial charge on any atom is -0.464 e. The molecule has 2 aliphatic heterocycles. The van der Waals surface area contributed by atoms with E-state index in [0.717, 1.165) is 17.5 Å². The number of esters is 2. The van der Waals surface area contributed by atoms with E-state index in [0.29, 0.717) is 42.1 Å². The smallest absolute Gasteiger partial charge is 0.408 e. The van der Waals surface area contributed by atoms with E-state index in [4.69, 9.17) is 23.7 Å². The number of amides is 3. The fourth-order valence-electron chi connectivity index (χ4n) is 6.17. The Kier molecular flexibility index (Phi) is 15.4. The topological polar surface area (TPSA) is 227 Å². The molecule has 18 nitrogen and oxygen atoms in total. The largest absolute Gasteiger partial charge is 0.464 e. The highest BCUT2D eigenvalue weighted by Crippen LogP contribution is 2.34. The van der Waals surface area contributed by atoms with Crippen LogP contribution in [-0.2, 0) is 46.4 Å². The summed E-state index contributed by atoms with van der Waals surface area (Å²) in [5.41, 5.74) is 1.83. The second kappa shape index (κ2) is 20.8. The van der Waals surface area contributed by atoms with Gasteiger partial charge in [-0.2, -0.15) is 0 Å². The summed E-state index contributed by atoms with van der Waals surface area (Å²) in [5, 5.41) is 16.7. The van der Waals surface area contributed by atoms with Crippen molar-refractivity contribution in [2.75, 3.05) is 31.5 Å². The summed E-state index contributed by atoms with van der Waals surface area (Å²) >= 11 is 1.000. The summed E-state index contributed by atoms with van der Waals surface area (Å²) in [4.78, 5) is 82.8. The van der Waals surface area contributed by atoms with Crippen LogP contribution in [0.3, 0.4) is 0 Å². The van der Waals surface area contributed by atoms with Crippen LogP contribution >= 0.6 is 11.9 Å². The molecular weight excluding hydrogens is 765 g/mol. The van der Waals surface area contributed by atoms with Gasteiger partial charge in [0.2, 0.25) is 18.6 Å². The molecule has 0 fully saturated rings. The first-order valence-corrected chi connectivity index (χ1v) is 19.3. The number of carbonyl (C=O) groups excluding carboxylic acids is 5. The average molecular weight is 809 g/mol. The Hall–Kier alpha value is -5.95. The van der Waals surface area contributed by atoms with Crippen molar-refractivity contribution in [2.45, 2.75) is 82.1 Å². The molecule has 3 amide bonds. The second-order valence-corrected chi connectivity index (χ2v) is 13.6. The highest BCUT2D eigenvalue weighted by atomic mass is 32.2. The first-order valence-electron chi connectivity index (χ1n) is 18.4. The van der Waals surface area contributed by atoms with Gasteiger partial charge in [-0.1, -0.05) is 24.3 Å². The molecule has 3 aromatic rings. The Morgan fingerprint density at radius 3 is 2.53 bits per heavy atom. The number of pyridine rings is 1. The minimum absolute atomic E-state index is 0.00408. The van der Waals surface area contributed by atoms with E-state index >= 15 is 0 Å². The lowest BCUT2D eigenvalue weighted by Gasteiger charge is -2.26. The van der Waals surface area contributed by atoms with E-state index in [-0.39, 0.29) is 63.0 Å². The van der Waals surface area contributed by atoms with Crippen LogP contribution in [0.15, 0.2) is 65.8 Å². The zero-order valence-corrected chi connectivity index (χ0v) is 32.2. The summed E-state index contributed by atoms with van der Waals surface area (Å²) < 4.78 is 29.6. The van der Waals surface area contributed by atoms with Gasteiger partial charge in [-0.25, -0.2) is 19.4 Å². The number of rotatable bonds is 20. The van der Waals surface area contributed by atoms with E-state index in [9.17, 15) is 34.1 Å². The van der Waals surface area contributed by atoms with Crippen LogP contribution in [0, 0.1) is 10.1 Å². The third-order valence-electron chi connectivity index (χ3n) is 8.89. The summed E-state index contributed by atoms with van der Waals surface area (Å²) in [6.07, 6.45) is 1.41. The first-order chi connectivity index (χ1) is 27.6. The number of unbranched alkanes of at least 4 members (excludes halogenated alkanes) is 1. The standard InChI is InChI=1S/C38H44N6O12S/c1-3-52-36(47)27(15-17-33(45)43-28-12-6-5-10-25(28)21-30(43)37(48)53-4-2)41-34(46)26(11-7-8-19-40-57-35-29(44(50)51)13-9-18-39-35)42-38(49)54-22-24-14-16-31-32(20-24)56-23-55-31/h5-6,9-10,12-14,16,18,20,26-27,30,40H,3-4,7-8,11,15,17,19,21-23H2,1-2H3,(H,41,46)(H,42,49)/t26-,27+,30-/m0/s1. The van der Waals surface area contributed by atoms with Gasteiger partial charge in [-0.05, 0) is 86.9 Å². The Morgan fingerprint density at radius 2 is 1.74 bits per heavy atom. The minimum atomic E-state index is -1.28. The predicted octanol–water partition coefficient (Wildman–Crippen LogP) is 4.13. The molecule has 0 aliphatic carbocycles. The van der Waals surface area contributed by atoms with Crippen LogP contribution in [0.2, 0.25) is 0 Å². The van der Waals surface area contributed by atoms with Gasteiger partial charge in [0.15, 0.2) is 16.5 Å². The van der Waals surface area contributed by atoms with Gasteiger partial charge in [0.05, 0.1) is 18.1 Å². The molecule has 0 saturated carbocycles. The number of ether oxygens (including phenoxy) is 5. The summed E-state index contributed by atoms with van der Waals surface area (Å²) in [6.45, 7) is 3.73. The molecule has 2 aliphatic rings. The SMILES string of the molecule is CCOC(=O)[C@@H](CCC(=O)N1c2ccccc2C[C@H]1C(=O)OCC)NC(=O)[C@H](CCCCNSc1ncccc1[N+](=O)[O-])NC(=O)OCc1ccc2c(c1)OCO2. The van der Waals surface area contributed by atoms with Crippen LogP contribution in [0.25, 0.3) is 0 Å². The van der Waals surface area contributed by atoms with E-state index in [1.165, 1.54) is 23.2 Å². The molecule has 2 aromatic carbocycles. The van der Waals surface area contributed by atoms with E-state index in [1.54, 1.807) is 44.2 Å². The number of anilines is 1. The summed E-state index contributed by atoms with van der Waals surface area (Å²) in [7, 11) is 0. The molecule has 0 saturated heterocycles. The zero-order chi connectivity index (χ0) is 40.7. The fraction of sp³-hybridized carbons (Fsp3) is 0.421. The van der Waals surface area contributed by atoms with Gasteiger partial charge in [0, 0.05) is 37.3 Å². The number of hydrogen-bond acceptors (Lipinski definition) is 15. The molecule has 3 atom stereocenters. The molecule has 0 spiro atoms. The number of para-hydroxylation sites is 1. The van der Waals surface area contributed by atoms with Gasteiger partial charge in [0.1, 0.15) is 24.7 Å². The Labute approximate surface area is 332 Å². The van der Waals surface area contributed by atoms with Crippen molar-refractivity contribution >= 4 is 53.2 Å². The Bertz CT molecular complexity index is 1930. The summed E-state index contributed by atoms with van der Waals surface area (Å²) in [5.74, 6) is -1.44. The van der Waals surface area contributed by atoms with E-state index in [2.05, 4.69) is 20.3 Å². The second-order valence-electron chi connectivity index (χ2n) is 12.8. The molecule has 3 heterocycles. The highest BCUT2D eigenvalue weighted by Gasteiger charge is 2.39. The molecule has 0 radical (unpaired) electrons. The number of alkyl carbamates (subject to hydrolysis) is 1. The average Bonchev–Trinajstić information content (AvgIpc) is 3.84. The number of nitro groups is 1. The number of nitrogens with zero attached hydrogens (tertiary/aromatic N) is 3. The summed E-state index contributed by atoms with van der Waals surface area (Å²) in [6, 6.07) is 11.7. The van der Waals surface area contributed by atoms with Crippen molar-refractivity contribution in [1.82, 2.24) is 20.3 Å². The van der Waals surface area contributed by atoms with Gasteiger partial charge in [-0.15, -0.1) is 0 Å². The number of benzene rings is 2. The van der Waals surface area contributed by atoms with Crippen molar-refractivity contribution in [2.24, 2.45) is 0 Å². The normalized spacial score (nSPS) is 14.8. The zero-order valence-electron chi connectivity index (χ0n) is 31.4. The van der Waals surface area contributed by atoms with Crippen molar-refractivity contribution in [3.63, 3.8) is 0 Å². The maximum Gasteiger partial charge on any atom is 0.408 e. The maximum absolute atomic E-state index is 13.8. The van der Waals surface area contributed by atoms with Crippen LogP contribution in [0.1, 0.15) is 57.1 Å². The van der Waals surface area contributed by atoms with Crippen molar-refractivity contribution in [3.05, 3.63) is 82.0 Å². The Balaban J connectivity index is 1.23.